The fourth-order valence-electron chi connectivity index (χ4n) is 8.13. The molecule has 0 aromatic heterocycles. The molecule has 3 fully saturated rings. The van der Waals surface area contributed by atoms with Crippen LogP contribution in [0, 0.1) is 35.0 Å². The number of hydrogen-bond acceptors (Lipinski definition) is 4. The second-order valence-electron chi connectivity index (χ2n) is 9.72. The molecule has 3 saturated carbocycles. The Morgan fingerprint density at radius 1 is 1.30 bits per heavy atom. The molecular formula is C23H31NO3. The topological polar surface area (TPSA) is 58.9 Å². The summed E-state index contributed by atoms with van der Waals surface area (Å²) in [6.07, 6.45) is 14.8. The van der Waals surface area contributed by atoms with Crippen LogP contribution in [0.25, 0.3) is 0 Å². The van der Waals surface area contributed by atoms with Crippen molar-refractivity contribution >= 4 is 11.7 Å². The molecule has 5 rings (SSSR count). The Morgan fingerprint density at radius 3 is 2.85 bits per heavy atom. The van der Waals surface area contributed by atoms with E-state index < -0.39 is 0 Å². The van der Waals surface area contributed by atoms with Gasteiger partial charge in [-0.15, -0.1) is 0 Å². The molecule has 7 atom stereocenters. The number of esters is 1. The lowest BCUT2D eigenvalue weighted by atomic mass is 9.47. The maximum absolute atomic E-state index is 12.0. The lowest BCUT2D eigenvalue weighted by molar-refractivity contribution is -0.166. The van der Waals surface area contributed by atoms with Crippen molar-refractivity contribution in [1.29, 1.82) is 0 Å². The normalized spacial score (nSPS) is 49.6. The zero-order chi connectivity index (χ0) is 18.8. The molecule has 0 radical (unpaired) electrons. The van der Waals surface area contributed by atoms with E-state index in [1.807, 2.05) is 0 Å². The van der Waals surface area contributed by atoms with Crippen LogP contribution in [0.2, 0.25) is 0 Å². The van der Waals surface area contributed by atoms with Crippen LogP contribution in [-0.2, 0) is 9.53 Å². The van der Waals surface area contributed by atoms with E-state index in [0.29, 0.717) is 17.8 Å². The molecule has 4 nitrogen and oxygen atoms in total. The molecule has 0 bridgehead atoms. The Hall–Kier alpha value is -1.58. The molecule has 4 aliphatic carbocycles. The first-order valence-corrected chi connectivity index (χ1v) is 10.9. The molecule has 1 N–H and O–H groups in total. The third-order valence-corrected chi connectivity index (χ3v) is 9.06. The highest BCUT2D eigenvalue weighted by Gasteiger charge is 2.66. The van der Waals surface area contributed by atoms with E-state index in [4.69, 9.17) is 4.74 Å². The number of nitrogens with zero attached hydrogens (tertiary/aromatic N) is 1. The van der Waals surface area contributed by atoms with Crippen molar-refractivity contribution < 1.29 is 14.7 Å². The Labute approximate surface area is 161 Å². The summed E-state index contributed by atoms with van der Waals surface area (Å²) in [5.74, 6) is 3.27. The molecule has 4 heteroatoms. The number of ether oxygens (including phenoxy) is 1. The Morgan fingerprint density at radius 2 is 2.15 bits per heavy atom. The minimum Gasteiger partial charge on any atom is -0.451 e. The number of carbonyl (C=O) groups is 1. The zero-order valence-corrected chi connectivity index (χ0v) is 16.5. The van der Waals surface area contributed by atoms with Gasteiger partial charge in [0.25, 0.3) is 0 Å². The highest BCUT2D eigenvalue weighted by Crippen LogP contribution is 2.68. The molecule has 5 aliphatic rings. The van der Waals surface area contributed by atoms with Gasteiger partial charge in [0, 0.05) is 11.5 Å². The quantitative estimate of drug-likeness (QED) is 0.407. The van der Waals surface area contributed by atoms with Crippen molar-refractivity contribution in [2.45, 2.75) is 70.8 Å². The van der Waals surface area contributed by atoms with E-state index in [0.717, 1.165) is 49.7 Å². The van der Waals surface area contributed by atoms with Gasteiger partial charge in [-0.05, 0) is 93.1 Å². The standard InChI is InChI=1S/C23H31NO3/c1-3-22-9-6-18-17-5-4-16(24-26)13-15(17)12-14(2)21(18)19(22)7-10-23(22)11-8-20(25)27-23/h8,11,13-14,17-19,21,26H,3-7,9-10,12H2,1-2H3/b24-16+/t14-,17+,18?,19?,21?,22+,23-/m1/s1. The average molecular weight is 370 g/mol. The average Bonchev–Trinajstić information content (AvgIpc) is 3.22. The Bertz CT molecular complexity index is 753. The lowest BCUT2D eigenvalue weighted by Gasteiger charge is -2.58. The van der Waals surface area contributed by atoms with Crippen LogP contribution in [0.4, 0.5) is 0 Å². The molecule has 3 unspecified atom stereocenters. The maximum Gasteiger partial charge on any atom is 0.331 e. The fourth-order valence-corrected chi connectivity index (χ4v) is 8.13. The summed E-state index contributed by atoms with van der Waals surface area (Å²) in [5, 5.41) is 12.7. The van der Waals surface area contributed by atoms with Gasteiger partial charge >= 0.3 is 5.97 Å². The number of carbonyl (C=O) groups excluding carboxylic acids is 1. The molecule has 0 saturated heterocycles. The van der Waals surface area contributed by atoms with E-state index in [2.05, 4.69) is 31.2 Å². The summed E-state index contributed by atoms with van der Waals surface area (Å²) in [4.78, 5) is 12.0. The highest BCUT2D eigenvalue weighted by atomic mass is 16.6. The van der Waals surface area contributed by atoms with Crippen LogP contribution in [0.3, 0.4) is 0 Å². The van der Waals surface area contributed by atoms with E-state index in [9.17, 15) is 10.0 Å². The number of oxime groups is 1. The molecule has 1 spiro atoms. The van der Waals surface area contributed by atoms with Crippen LogP contribution in [0.5, 0.6) is 0 Å². The van der Waals surface area contributed by atoms with Crippen LogP contribution in [0.15, 0.2) is 29.0 Å². The number of hydrogen-bond donors (Lipinski definition) is 1. The minimum absolute atomic E-state index is 0.124. The molecule has 0 amide bonds. The van der Waals surface area contributed by atoms with E-state index in [1.165, 1.54) is 24.8 Å². The monoisotopic (exact) mass is 369 g/mol. The third-order valence-electron chi connectivity index (χ3n) is 9.06. The number of rotatable bonds is 1. The Balaban J connectivity index is 1.51. The van der Waals surface area contributed by atoms with Gasteiger partial charge < -0.3 is 9.94 Å². The van der Waals surface area contributed by atoms with Crippen molar-refractivity contribution in [3.8, 4) is 0 Å². The fraction of sp³-hybridized carbons (Fsp3) is 0.739. The van der Waals surface area contributed by atoms with Crippen molar-refractivity contribution in [2.24, 2.45) is 40.2 Å². The third kappa shape index (κ3) is 2.22. The van der Waals surface area contributed by atoms with Gasteiger partial charge in [-0.2, -0.15) is 0 Å². The van der Waals surface area contributed by atoms with Gasteiger partial charge in [-0.1, -0.05) is 24.6 Å². The molecule has 1 heterocycles. The van der Waals surface area contributed by atoms with E-state index in [-0.39, 0.29) is 17.0 Å². The van der Waals surface area contributed by atoms with Gasteiger partial charge in [-0.25, -0.2) is 4.79 Å². The summed E-state index contributed by atoms with van der Waals surface area (Å²) in [6.45, 7) is 4.73. The second kappa shape index (κ2) is 5.96. The van der Waals surface area contributed by atoms with Crippen LogP contribution in [0.1, 0.15) is 65.2 Å². The van der Waals surface area contributed by atoms with E-state index in [1.54, 1.807) is 6.08 Å². The van der Waals surface area contributed by atoms with Gasteiger partial charge in [0.2, 0.25) is 0 Å². The molecule has 27 heavy (non-hydrogen) atoms. The van der Waals surface area contributed by atoms with Crippen molar-refractivity contribution in [3.63, 3.8) is 0 Å². The molecule has 0 aromatic carbocycles. The molecular weight excluding hydrogens is 338 g/mol. The highest BCUT2D eigenvalue weighted by molar-refractivity contribution is 5.96. The minimum atomic E-state index is -0.340. The first-order valence-electron chi connectivity index (χ1n) is 10.9. The van der Waals surface area contributed by atoms with Crippen molar-refractivity contribution in [1.82, 2.24) is 0 Å². The Kier molecular flexibility index (Phi) is 3.86. The second-order valence-corrected chi connectivity index (χ2v) is 9.72. The first-order chi connectivity index (χ1) is 13.0. The van der Waals surface area contributed by atoms with Crippen LogP contribution < -0.4 is 0 Å². The summed E-state index contributed by atoms with van der Waals surface area (Å²) < 4.78 is 6.02. The van der Waals surface area contributed by atoms with Crippen molar-refractivity contribution in [3.05, 3.63) is 23.8 Å². The smallest absolute Gasteiger partial charge is 0.331 e. The first kappa shape index (κ1) is 17.5. The SMILES string of the molecule is CC[C@]12CCC3C(C1CC[C@@]21C=CC(=O)O1)[C@H](C)CC1=C/C(=N/O)CC[C@@H]13. The van der Waals surface area contributed by atoms with E-state index >= 15 is 0 Å². The molecule has 146 valence electrons. The predicted molar refractivity (Wildman–Crippen MR) is 103 cm³/mol. The van der Waals surface area contributed by atoms with Crippen LogP contribution in [-0.4, -0.2) is 22.5 Å². The molecule has 1 aliphatic heterocycles. The summed E-state index contributed by atoms with van der Waals surface area (Å²) in [7, 11) is 0. The number of allylic oxidation sites excluding steroid dienone is 2. The van der Waals surface area contributed by atoms with Gasteiger partial charge in [0.15, 0.2) is 0 Å². The van der Waals surface area contributed by atoms with Gasteiger partial charge in [-0.3, -0.25) is 0 Å². The summed E-state index contributed by atoms with van der Waals surface area (Å²) >= 11 is 0. The number of fused-ring (bicyclic) bond motifs is 6. The molecule has 0 aromatic rings. The zero-order valence-electron chi connectivity index (χ0n) is 16.5. The predicted octanol–water partition coefficient (Wildman–Crippen LogP) is 4.88. The van der Waals surface area contributed by atoms with Crippen molar-refractivity contribution in [2.75, 3.05) is 0 Å². The summed E-state index contributed by atoms with van der Waals surface area (Å²) in [5.41, 5.74) is 2.16. The summed E-state index contributed by atoms with van der Waals surface area (Å²) in [6, 6.07) is 0. The maximum atomic E-state index is 12.0. The van der Waals surface area contributed by atoms with Gasteiger partial charge in [0.05, 0.1) is 5.71 Å². The van der Waals surface area contributed by atoms with Gasteiger partial charge in [0.1, 0.15) is 5.60 Å². The largest absolute Gasteiger partial charge is 0.451 e. The van der Waals surface area contributed by atoms with Crippen LogP contribution >= 0.6 is 0 Å². The lowest BCUT2D eigenvalue weighted by Crippen LogP contribution is -2.55.